The maximum atomic E-state index is 15.0. The number of ether oxygens (including phenoxy) is 1. The lowest BCUT2D eigenvalue weighted by Gasteiger charge is -2.23. The maximum absolute atomic E-state index is 15.0. The van der Waals surface area contributed by atoms with Gasteiger partial charge in [-0.3, -0.25) is 0 Å². The minimum absolute atomic E-state index is 0.228. The van der Waals surface area contributed by atoms with Gasteiger partial charge in [0, 0.05) is 37.0 Å². The average Bonchev–Trinajstić information content (AvgIpc) is 3.79. The Kier molecular flexibility index (Phi) is 6.81. The zero-order chi connectivity index (χ0) is 30.0. The molecule has 1 fully saturated rings. The molecule has 0 spiro atoms. The van der Waals surface area contributed by atoms with Gasteiger partial charge < -0.3 is 30.1 Å². The first kappa shape index (κ1) is 27.7. The van der Waals surface area contributed by atoms with E-state index in [0.29, 0.717) is 67.9 Å². The standard InChI is InChI=1S/C29H27ClFN9O2S/c1-13-35-20(38-42-13)9-34-28-23-18-12-41-11-17(18)21(15-4-5-19(31)26-22(15)16(8-32)27(33)43-26)24(30)25(23)36-29(37-28)40-7-6-14(10-40)39(2)3/h4-5,14H,6-7,9-12,33H2,1-3H3,(H,34,36,37)/t14-/m0/s1. The summed E-state index contributed by atoms with van der Waals surface area (Å²) >= 11 is 8.36. The molecule has 0 saturated carbocycles. The number of nitriles is 1. The molecule has 0 bridgehead atoms. The molecule has 0 unspecified atom stereocenters. The Bertz CT molecular complexity index is 1970. The number of halogens is 2. The second-order valence-corrected chi connectivity index (χ2v) is 12.4. The van der Waals surface area contributed by atoms with Crippen LogP contribution in [0, 0.1) is 24.1 Å². The first-order chi connectivity index (χ1) is 20.7. The lowest BCUT2D eigenvalue weighted by atomic mass is 9.91. The van der Waals surface area contributed by atoms with Gasteiger partial charge in [0.25, 0.3) is 0 Å². The highest BCUT2D eigenvalue weighted by molar-refractivity contribution is 7.23. The van der Waals surface area contributed by atoms with E-state index in [-0.39, 0.29) is 23.7 Å². The van der Waals surface area contributed by atoms with E-state index in [1.54, 1.807) is 13.0 Å². The quantitative estimate of drug-likeness (QED) is 0.258. The van der Waals surface area contributed by atoms with Crippen molar-refractivity contribution < 1.29 is 13.7 Å². The molecular weight excluding hydrogens is 593 g/mol. The van der Waals surface area contributed by atoms with E-state index >= 15 is 0 Å². The van der Waals surface area contributed by atoms with E-state index in [2.05, 4.69) is 45.4 Å². The number of fused-ring (bicyclic) bond motifs is 4. The molecule has 220 valence electrons. The molecule has 2 aliphatic rings. The summed E-state index contributed by atoms with van der Waals surface area (Å²) in [5.41, 5.74) is 9.90. The van der Waals surface area contributed by atoms with E-state index in [0.717, 1.165) is 47.4 Å². The number of hydrogen-bond acceptors (Lipinski definition) is 12. The molecule has 1 atom stereocenters. The summed E-state index contributed by atoms with van der Waals surface area (Å²) < 4.78 is 26.4. The molecule has 11 nitrogen and oxygen atoms in total. The number of hydrogen-bond donors (Lipinski definition) is 2. The van der Waals surface area contributed by atoms with E-state index < -0.39 is 5.82 Å². The van der Waals surface area contributed by atoms with Gasteiger partial charge in [-0.05, 0) is 43.3 Å². The third kappa shape index (κ3) is 4.53. The Labute approximate surface area is 255 Å². The molecular formula is C29H27ClFN9O2S. The van der Waals surface area contributed by atoms with Gasteiger partial charge in [0.15, 0.2) is 5.82 Å². The van der Waals surface area contributed by atoms with Gasteiger partial charge in [0.2, 0.25) is 11.8 Å². The zero-order valence-electron chi connectivity index (χ0n) is 23.7. The molecule has 3 N–H and O–H groups in total. The molecule has 2 aliphatic heterocycles. The summed E-state index contributed by atoms with van der Waals surface area (Å²) in [5.74, 6) is 1.63. The first-order valence-electron chi connectivity index (χ1n) is 13.7. The molecule has 1 saturated heterocycles. The SMILES string of the molecule is Cc1nc(CNc2nc(N3CC[C@H](N(C)C)C3)nc3c(Cl)c(-c4ccc(F)c5sc(N)c(C#N)c45)c4c(c23)COC4)no1. The number of nitrogen functional groups attached to an aromatic ring is 1. The third-order valence-corrected chi connectivity index (χ3v) is 9.54. The zero-order valence-corrected chi connectivity index (χ0v) is 25.2. The third-order valence-electron chi connectivity index (χ3n) is 8.14. The minimum Gasteiger partial charge on any atom is -0.389 e. The van der Waals surface area contributed by atoms with Crippen LogP contribution in [-0.2, 0) is 24.5 Å². The van der Waals surface area contributed by atoms with Crippen molar-refractivity contribution >= 4 is 60.7 Å². The number of likely N-dealkylation sites (N-methyl/N-ethyl adjacent to an activating group) is 1. The van der Waals surface area contributed by atoms with Crippen LogP contribution in [-0.4, -0.2) is 58.2 Å². The summed E-state index contributed by atoms with van der Waals surface area (Å²) in [6.45, 7) is 4.15. The van der Waals surface area contributed by atoms with Crippen LogP contribution in [0.4, 0.5) is 21.2 Å². The van der Waals surface area contributed by atoms with Gasteiger partial charge in [-0.2, -0.15) is 15.2 Å². The molecule has 0 radical (unpaired) electrons. The Morgan fingerprint density at radius 1 is 1.23 bits per heavy atom. The lowest BCUT2D eigenvalue weighted by Crippen LogP contribution is -2.32. The molecule has 5 heterocycles. The maximum Gasteiger partial charge on any atom is 0.227 e. The lowest BCUT2D eigenvalue weighted by molar-refractivity contribution is 0.135. The van der Waals surface area contributed by atoms with Crippen molar-refractivity contribution in [3.05, 3.63) is 51.4 Å². The predicted molar refractivity (Wildman–Crippen MR) is 164 cm³/mol. The van der Waals surface area contributed by atoms with Crippen molar-refractivity contribution in [1.82, 2.24) is 25.0 Å². The Morgan fingerprint density at radius 2 is 2.05 bits per heavy atom. The summed E-state index contributed by atoms with van der Waals surface area (Å²) in [6, 6.07) is 5.56. The van der Waals surface area contributed by atoms with Crippen LogP contribution in [0.1, 0.15) is 34.8 Å². The van der Waals surface area contributed by atoms with Crippen LogP contribution in [0.25, 0.3) is 32.1 Å². The van der Waals surface area contributed by atoms with Gasteiger partial charge in [-0.15, -0.1) is 11.3 Å². The number of nitrogens with one attached hydrogen (secondary N) is 1. The van der Waals surface area contributed by atoms with E-state index in [1.807, 2.05) is 0 Å². The fourth-order valence-electron chi connectivity index (χ4n) is 6.00. The first-order valence-corrected chi connectivity index (χ1v) is 14.9. The Morgan fingerprint density at radius 3 is 2.77 bits per heavy atom. The highest BCUT2D eigenvalue weighted by atomic mass is 35.5. The minimum atomic E-state index is -0.445. The predicted octanol–water partition coefficient (Wildman–Crippen LogP) is 5.23. The monoisotopic (exact) mass is 619 g/mol. The highest BCUT2D eigenvalue weighted by Crippen LogP contribution is 2.49. The second kappa shape index (κ2) is 10.6. The summed E-state index contributed by atoms with van der Waals surface area (Å²) in [4.78, 5) is 18.7. The number of aromatic nitrogens is 4. The number of thiophene rings is 1. The molecule has 7 rings (SSSR count). The largest absolute Gasteiger partial charge is 0.389 e. The fourth-order valence-corrected chi connectivity index (χ4v) is 7.30. The number of rotatable bonds is 6. The number of anilines is 3. The molecule has 3 aromatic heterocycles. The van der Waals surface area contributed by atoms with Crippen molar-refractivity contribution in [2.45, 2.75) is 39.1 Å². The van der Waals surface area contributed by atoms with Crippen molar-refractivity contribution in [3.63, 3.8) is 0 Å². The summed E-state index contributed by atoms with van der Waals surface area (Å²) in [5, 5.41) is 19.2. The van der Waals surface area contributed by atoms with Gasteiger partial charge in [-0.25, -0.2) is 9.37 Å². The molecule has 5 aromatic rings. The van der Waals surface area contributed by atoms with Crippen LogP contribution in [0.2, 0.25) is 5.02 Å². The van der Waals surface area contributed by atoms with Crippen LogP contribution in [0.15, 0.2) is 16.7 Å². The van der Waals surface area contributed by atoms with E-state index in [9.17, 15) is 9.65 Å². The normalized spacial score (nSPS) is 16.5. The van der Waals surface area contributed by atoms with Crippen LogP contribution in [0.5, 0.6) is 0 Å². The van der Waals surface area contributed by atoms with Gasteiger partial charge in [0.05, 0.1) is 45.9 Å². The van der Waals surface area contributed by atoms with E-state index in [4.69, 9.17) is 36.6 Å². The molecule has 0 aliphatic carbocycles. The molecule has 43 heavy (non-hydrogen) atoms. The van der Waals surface area contributed by atoms with Crippen LogP contribution < -0.4 is 16.0 Å². The van der Waals surface area contributed by atoms with Crippen molar-refractivity contribution in [1.29, 1.82) is 5.26 Å². The van der Waals surface area contributed by atoms with E-state index in [1.165, 1.54) is 6.07 Å². The van der Waals surface area contributed by atoms with Crippen LogP contribution >= 0.6 is 22.9 Å². The van der Waals surface area contributed by atoms with Crippen molar-refractivity contribution in [2.75, 3.05) is 43.1 Å². The Balaban J connectivity index is 1.48. The number of nitrogens with zero attached hydrogens (tertiary/aromatic N) is 7. The highest BCUT2D eigenvalue weighted by Gasteiger charge is 2.32. The Hall–Kier alpha value is -4.09. The fraction of sp³-hybridized carbons (Fsp3) is 0.345. The second-order valence-electron chi connectivity index (χ2n) is 10.9. The van der Waals surface area contributed by atoms with Crippen LogP contribution in [0.3, 0.4) is 0 Å². The molecule has 2 aromatic carbocycles. The van der Waals surface area contributed by atoms with Gasteiger partial charge >= 0.3 is 0 Å². The van der Waals surface area contributed by atoms with Crippen molar-refractivity contribution in [2.24, 2.45) is 0 Å². The average molecular weight is 620 g/mol. The number of aryl methyl sites for hydroxylation is 1. The molecule has 14 heteroatoms. The number of nitrogens with two attached hydrogens (primary N) is 1. The summed E-state index contributed by atoms with van der Waals surface area (Å²) in [6.07, 6.45) is 0.973. The summed E-state index contributed by atoms with van der Waals surface area (Å²) in [7, 11) is 4.13. The molecule has 0 amide bonds. The smallest absolute Gasteiger partial charge is 0.227 e. The van der Waals surface area contributed by atoms with Gasteiger partial charge in [0.1, 0.15) is 22.7 Å². The topological polar surface area (TPSA) is 142 Å². The van der Waals surface area contributed by atoms with Gasteiger partial charge in [-0.1, -0.05) is 22.8 Å². The number of benzene rings is 2. The van der Waals surface area contributed by atoms with Crippen molar-refractivity contribution in [3.8, 4) is 17.2 Å².